The van der Waals surface area contributed by atoms with Gasteiger partial charge in [0.1, 0.15) is 6.04 Å². The Kier molecular flexibility index (Phi) is 4.48. The first-order valence-electron chi connectivity index (χ1n) is 8.50. The number of hydrogen-bond donors (Lipinski definition) is 2. The highest BCUT2D eigenvalue weighted by Gasteiger charge is 2.39. The van der Waals surface area contributed by atoms with E-state index in [9.17, 15) is 9.59 Å². The highest BCUT2D eigenvalue weighted by molar-refractivity contribution is 5.89. The molecule has 0 radical (unpaired) electrons. The Hall–Kier alpha value is -1.10. The van der Waals surface area contributed by atoms with Crippen LogP contribution in [0.1, 0.15) is 51.9 Å². The van der Waals surface area contributed by atoms with E-state index in [0.29, 0.717) is 12.0 Å². The smallest absolute Gasteiger partial charge is 0.244 e. The van der Waals surface area contributed by atoms with Crippen molar-refractivity contribution in [3.8, 4) is 0 Å². The number of nitrogens with zero attached hydrogens (tertiary/aromatic N) is 1. The van der Waals surface area contributed by atoms with Gasteiger partial charge >= 0.3 is 0 Å². The summed E-state index contributed by atoms with van der Waals surface area (Å²) < 4.78 is 0. The number of carbonyl (C=O) groups excluding carboxylic acids is 2. The van der Waals surface area contributed by atoms with Crippen molar-refractivity contribution in [3.63, 3.8) is 0 Å². The number of hydrogen-bond acceptors (Lipinski definition) is 3. The molecule has 4 unspecified atom stereocenters. The van der Waals surface area contributed by atoms with Gasteiger partial charge in [-0.15, -0.1) is 0 Å². The van der Waals surface area contributed by atoms with E-state index in [2.05, 4.69) is 10.6 Å². The molecule has 118 valence electrons. The molecule has 3 aliphatic rings. The Morgan fingerprint density at radius 1 is 1.14 bits per heavy atom. The maximum atomic E-state index is 12.4. The lowest BCUT2D eigenvalue weighted by Gasteiger charge is -2.24. The van der Waals surface area contributed by atoms with Crippen LogP contribution in [0.5, 0.6) is 0 Å². The molecule has 0 spiro atoms. The number of nitrogens with one attached hydrogen (secondary N) is 2. The Morgan fingerprint density at radius 2 is 1.86 bits per heavy atom. The molecule has 2 saturated heterocycles. The molecular weight excluding hydrogens is 266 g/mol. The first-order chi connectivity index (χ1) is 10.1. The summed E-state index contributed by atoms with van der Waals surface area (Å²) in [6, 6.07) is 0.00560. The van der Waals surface area contributed by atoms with Gasteiger partial charge in [-0.1, -0.05) is 12.8 Å². The lowest BCUT2D eigenvalue weighted by atomic mass is 9.85. The molecule has 0 aromatic carbocycles. The Morgan fingerprint density at radius 3 is 2.57 bits per heavy atom. The van der Waals surface area contributed by atoms with Crippen LogP contribution in [0.3, 0.4) is 0 Å². The average Bonchev–Trinajstić information content (AvgIpc) is 3.15. The van der Waals surface area contributed by atoms with Crippen LogP contribution in [0.15, 0.2) is 0 Å². The topological polar surface area (TPSA) is 61.4 Å². The highest BCUT2D eigenvalue weighted by Crippen LogP contribution is 2.33. The van der Waals surface area contributed by atoms with E-state index in [1.54, 1.807) is 6.92 Å². The third-order valence-corrected chi connectivity index (χ3v) is 5.33. The molecule has 1 aliphatic carbocycles. The van der Waals surface area contributed by atoms with Crippen LogP contribution in [0, 0.1) is 5.92 Å². The highest BCUT2D eigenvalue weighted by atomic mass is 16.2. The molecule has 2 aliphatic heterocycles. The van der Waals surface area contributed by atoms with E-state index in [1.807, 2.05) is 4.90 Å². The first kappa shape index (κ1) is 14.8. The first-order valence-corrected chi connectivity index (χ1v) is 8.50. The molecular formula is C16H27N3O2. The molecule has 0 bridgehead atoms. The van der Waals surface area contributed by atoms with Gasteiger partial charge in [0.05, 0.1) is 6.04 Å². The second-order valence-corrected chi connectivity index (χ2v) is 6.87. The Labute approximate surface area is 126 Å². The zero-order valence-electron chi connectivity index (χ0n) is 12.9. The summed E-state index contributed by atoms with van der Waals surface area (Å²) in [5.74, 6) is 0.722. The molecule has 21 heavy (non-hydrogen) atoms. The quantitative estimate of drug-likeness (QED) is 0.817. The summed E-state index contributed by atoms with van der Waals surface area (Å²) >= 11 is 0. The van der Waals surface area contributed by atoms with Crippen molar-refractivity contribution >= 4 is 11.8 Å². The van der Waals surface area contributed by atoms with E-state index in [-0.39, 0.29) is 17.9 Å². The predicted molar refractivity (Wildman–Crippen MR) is 80.7 cm³/mol. The van der Waals surface area contributed by atoms with E-state index in [1.165, 1.54) is 25.7 Å². The summed E-state index contributed by atoms with van der Waals surface area (Å²) in [5, 5.41) is 6.39. The zero-order chi connectivity index (χ0) is 14.8. The Bertz CT molecular complexity index is 392. The molecule has 5 heteroatoms. The van der Waals surface area contributed by atoms with Gasteiger partial charge in [-0.05, 0) is 44.9 Å². The minimum Gasteiger partial charge on any atom is -0.343 e. The number of likely N-dealkylation sites (tertiary alicyclic amines) is 1. The summed E-state index contributed by atoms with van der Waals surface area (Å²) in [6.45, 7) is 3.48. The molecule has 0 aromatic heterocycles. The van der Waals surface area contributed by atoms with Gasteiger partial charge in [0.2, 0.25) is 11.8 Å². The number of amides is 2. The number of fused-ring (bicyclic) bond motifs is 1. The molecule has 2 heterocycles. The van der Waals surface area contributed by atoms with E-state index < -0.39 is 6.04 Å². The SMILES string of the molecule is CC(NC(=O)C1CC2CCCCC2N1)C(=O)N1CCCC1. The van der Waals surface area contributed by atoms with Crippen LogP contribution >= 0.6 is 0 Å². The molecule has 2 amide bonds. The van der Waals surface area contributed by atoms with Crippen LogP contribution in [0.4, 0.5) is 0 Å². The monoisotopic (exact) mass is 293 g/mol. The minimum atomic E-state index is -0.403. The standard InChI is InChI=1S/C16H27N3O2/c1-11(16(21)19-8-4-5-9-19)17-15(20)14-10-12-6-2-3-7-13(12)18-14/h11-14,18H,2-10H2,1H3,(H,17,20). The summed E-state index contributed by atoms with van der Waals surface area (Å²) in [4.78, 5) is 26.5. The fraction of sp³-hybridized carbons (Fsp3) is 0.875. The summed E-state index contributed by atoms with van der Waals surface area (Å²) in [5.41, 5.74) is 0. The van der Waals surface area contributed by atoms with Crippen molar-refractivity contribution in [2.45, 2.75) is 70.0 Å². The molecule has 3 fully saturated rings. The second kappa shape index (κ2) is 6.34. The van der Waals surface area contributed by atoms with Gasteiger partial charge in [0.25, 0.3) is 0 Å². The largest absolute Gasteiger partial charge is 0.343 e. The van der Waals surface area contributed by atoms with E-state index >= 15 is 0 Å². The zero-order valence-corrected chi connectivity index (χ0v) is 12.9. The van der Waals surface area contributed by atoms with Crippen LogP contribution in [-0.4, -0.2) is 47.9 Å². The number of carbonyl (C=O) groups is 2. The van der Waals surface area contributed by atoms with Crippen LogP contribution in [0.25, 0.3) is 0 Å². The number of rotatable bonds is 3. The van der Waals surface area contributed by atoms with Gasteiger partial charge in [-0.25, -0.2) is 0 Å². The molecule has 2 N–H and O–H groups in total. The molecule has 5 nitrogen and oxygen atoms in total. The van der Waals surface area contributed by atoms with Gasteiger partial charge in [-0.3, -0.25) is 9.59 Å². The van der Waals surface area contributed by atoms with E-state index in [0.717, 1.165) is 32.4 Å². The molecule has 4 atom stereocenters. The third kappa shape index (κ3) is 3.23. The van der Waals surface area contributed by atoms with Gasteiger partial charge in [0, 0.05) is 19.1 Å². The lowest BCUT2D eigenvalue weighted by molar-refractivity contribution is -0.135. The second-order valence-electron chi connectivity index (χ2n) is 6.87. The third-order valence-electron chi connectivity index (χ3n) is 5.33. The molecule has 0 aromatic rings. The van der Waals surface area contributed by atoms with Crippen LogP contribution in [0.2, 0.25) is 0 Å². The normalized spacial score (nSPS) is 33.6. The molecule has 1 saturated carbocycles. The summed E-state index contributed by atoms with van der Waals surface area (Å²) in [6.07, 6.45) is 8.09. The fourth-order valence-electron chi connectivity index (χ4n) is 4.11. The van der Waals surface area contributed by atoms with Crippen LogP contribution < -0.4 is 10.6 Å². The van der Waals surface area contributed by atoms with Gasteiger partial charge in [-0.2, -0.15) is 0 Å². The summed E-state index contributed by atoms with van der Waals surface area (Å²) in [7, 11) is 0. The van der Waals surface area contributed by atoms with Gasteiger partial charge < -0.3 is 15.5 Å². The van der Waals surface area contributed by atoms with E-state index in [4.69, 9.17) is 0 Å². The van der Waals surface area contributed by atoms with Crippen molar-refractivity contribution in [1.29, 1.82) is 0 Å². The Balaban J connectivity index is 1.50. The van der Waals surface area contributed by atoms with Gasteiger partial charge in [0.15, 0.2) is 0 Å². The fourth-order valence-corrected chi connectivity index (χ4v) is 4.11. The van der Waals surface area contributed by atoms with Crippen molar-refractivity contribution in [1.82, 2.24) is 15.5 Å². The van der Waals surface area contributed by atoms with Crippen molar-refractivity contribution in [2.75, 3.05) is 13.1 Å². The average molecular weight is 293 g/mol. The van der Waals surface area contributed by atoms with Crippen LogP contribution in [-0.2, 0) is 9.59 Å². The van der Waals surface area contributed by atoms with Crippen molar-refractivity contribution in [2.24, 2.45) is 5.92 Å². The predicted octanol–water partition coefficient (Wildman–Crippen LogP) is 1.03. The van der Waals surface area contributed by atoms with Crippen molar-refractivity contribution < 1.29 is 9.59 Å². The maximum Gasteiger partial charge on any atom is 0.244 e. The maximum absolute atomic E-state index is 12.4. The minimum absolute atomic E-state index is 0.00412. The van der Waals surface area contributed by atoms with Crippen molar-refractivity contribution in [3.05, 3.63) is 0 Å². The molecule has 3 rings (SSSR count). The lowest BCUT2D eigenvalue weighted by Crippen LogP contribution is -2.51.